The number of Topliss-reactive ketones (excluding diaryl/α,β-unsaturated/α-hetero) is 3. The monoisotopic (exact) mass is 1900 g/mol. The molecule has 0 aromatic carbocycles. The van der Waals surface area contributed by atoms with Gasteiger partial charge in [-0.1, -0.05) is 268 Å². The maximum atomic E-state index is 13.6. The van der Waals surface area contributed by atoms with Crippen molar-refractivity contribution in [3.63, 3.8) is 0 Å². The molecule has 9 aliphatic rings. The van der Waals surface area contributed by atoms with Crippen LogP contribution in [0, 0.1) is 178 Å². The summed E-state index contributed by atoms with van der Waals surface area (Å²) < 4.78 is 84.2. The van der Waals surface area contributed by atoms with Gasteiger partial charge >= 0.3 is 0 Å². The first-order chi connectivity index (χ1) is 63.5. The molecule has 3 saturated carbocycles. The molecule has 0 amide bonds. The van der Waals surface area contributed by atoms with Gasteiger partial charge in [0.05, 0.1) is 67.1 Å². The molecule has 3 aliphatic carbocycles. The molecule has 6 saturated heterocycles. The van der Waals surface area contributed by atoms with Crippen LogP contribution < -0.4 is 0 Å². The Kier molecular flexibility index (Phi) is 54.6. The lowest BCUT2D eigenvalue weighted by molar-refractivity contribution is -0.323. The Hall–Kier alpha value is -1.55. The summed E-state index contributed by atoms with van der Waals surface area (Å²) in [6.45, 7) is 84.7. The highest BCUT2D eigenvalue weighted by Gasteiger charge is 2.53. The second-order valence-electron chi connectivity index (χ2n) is 47.4. The number of ether oxygens (including phenoxy) is 13. The quantitative estimate of drug-likeness (QED) is 0.0565. The number of hydrogen-bond acceptors (Lipinski definition) is 17. The molecule has 0 radical (unpaired) electrons. The lowest BCUT2D eigenvalue weighted by atomic mass is 9.56. The molecule has 134 heavy (non-hydrogen) atoms. The maximum absolute atomic E-state index is 13.6. The highest BCUT2D eigenvalue weighted by molar-refractivity contribution is 5.82. The van der Waals surface area contributed by atoms with Gasteiger partial charge in [0.15, 0.2) is 37.7 Å². The summed E-state index contributed by atoms with van der Waals surface area (Å²) in [5.41, 5.74) is 0. The zero-order chi connectivity index (χ0) is 100.0. The van der Waals surface area contributed by atoms with Crippen LogP contribution in [0.4, 0.5) is 0 Å². The normalized spacial score (nSPS) is 40.7. The maximum Gasteiger partial charge on any atom is 0.161 e. The van der Waals surface area contributed by atoms with Crippen molar-refractivity contribution in [3.8, 4) is 0 Å². The molecular formula is C117H218O17. The third-order valence-electron chi connectivity index (χ3n) is 36.9. The molecule has 0 bridgehead atoms. The second kappa shape index (κ2) is 60.4. The molecule has 0 spiro atoms. The number of unbranched alkanes of at least 4 members (excludes halogenated alkanes) is 4. The van der Waals surface area contributed by atoms with Crippen LogP contribution in [0.5, 0.6) is 0 Å². The number of hydrogen-bond donors (Lipinski definition) is 1. The van der Waals surface area contributed by atoms with E-state index in [1.165, 1.54) is 32.1 Å². The van der Waals surface area contributed by atoms with Gasteiger partial charge < -0.3 is 71.5 Å². The Morgan fingerprint density at radius 3 is 0.978 bits per heavy atom. The lowest BCUT2D eigenvalue weighted by Crippen LogP contribution is -2.55. The van der Waals surface area contributed by atoms with Crippen LogP contribution in [0.2, 0.25) is 0 Å². The van der Waals surface area contributed by atoms with E-state index >= 15 is 0 Å². The Bertz CT molecular complexity index is 3130. The Morgan fingerprint density at radius 2 is 0.664 bits per heavy atom. The summed E-state index contributed by atoms with van der Waals surface area (Å²) in [5, 5.41) is 9.96. The summed E-state index contributed by atoms with van der Waals surface area (Å²) in [4.78, 5) is 37.4. The fourth-order valence-corrected chi connectivity index (χ4v) is 26.9. The van der Waals surface area contributed by atoms with Gasteiger partial charge in [0.2, 0.25) is 0 Å². The summed E-state index contributed by atoms with van der Waals surface area (Å²) in [6.07, 6.45) is 25.7. The van der Waals surface area contributed by atoms with E-state index in [9.17, 15) is 19.5 Å². The molecule has 1 N–H and O–H groups in total. The van der Waals surface area contributed by atoms with Crippen LogP contribution in [-0.4, -0.2) is 154 Å². The number of aliphatic hydroxyl groups excluding tert-OH is 1. The van der Waals surface area contributed by atoms with Crippen LogP contribution in [0.15, 0.2) is 0 Å². The van der Waals surface area contributed by atoms with E-state index in [1.807, 2.05) is 0 Å². The van der Waals surface area contributed by atoms with E-state index in [-0.39, 0.29) is 140 Å². The number of ketones is 3. The third kappa shape index (κ3) is 33.8. The smallest absolute Gasteiger partial charge is 0.161 e. The van der Waals surface area contributed by atoms with Crippen LogP contribution in [0.3, 0.4) is 0 Å². The van der Waals surface area contributed by atoms with Crippen molar-refractivity contribution in [3.05, 3.63) is 0 Å². The molecule has 41 atom stereocenters. The zero-order valence-corrected chi connectivity index (χ0v) is 93.5. The van der Waals surface area contributed by atoms with Crippen molar-refractivity contribution in [2.75, 3.05) is 26.4 Å². The van der Waals surface area contributed by atoms with Gasteiger partial charge in [-0.2, -0.15) is 0 Å². The highest BCUT2D eigenvalue weighted by Crippen LogP contribution is 2.52. The lowest BCUT2D eigenvalue weighted by Gasteiger charge is -2.49. The van der Waals surface area contributed by atoms with Crippen LogP contribution >= 0.6 is 0 Å². The van der Waals surface area contributed by atoms with E-state index in [4.69, 9.17) is 61.6 Å². The number of aliphatic hydroxyl groups is 1. The molecule has 788 valence electrons. The summed E-state index contributed by atoms with van der Waals surface area (Å²) >= 11 is 0. The van der Waals surface area contributed by atoms with Crippen LogP contribution in [-0.2, 0) is 76.0 Å². The second-order valence-corrected chi connectivity index (χ2v) is 47.4. The Morgan fingerprint density at radius 1 is 0.336 bits per heavy atom. The Labute approximate surface area is 825 Å². The molecule has 37 unspecified atom stereocenters. The van der Waals surface area contributed by atoms with Crippen molar-refractivity contribution >= 4 is 17.3 Å². The van der Waals surface area contributed by atoms with Crippen molar-refractivity contribution in [2.45, 2.75) is 528 Å². The third-order valence-corrected chi connectivity index (χ3v) is 36.9. The summed E-state index contributed by atoms with van der Waals surface area (Å²) in [5.74, 6) is 16.8. The molecule has 0 aromatic heterocycles. The first-order valence-electron chi connectivity index (χ1n) is 57.1. The molecule has 6 heterocycles. The van der Waals surface area contributed by atoms with Gasteiger partial charge in [-0.25, -0.2) is 0 Å². The van der Waals surface area contributed by atoms with Crippen molar-refractivity contribution in [2.24, 2.45) is 178 Å². The average Bonchev–Trinajstić information content (AvgIpc) is 1.07. The van der Waals surface area contributed by atoms with Gasteiger partial charge in [0.25, 0.3) is 0 Å². The van der Waals surface area contributed by atoms with E-state index in [2.05, 4.69) is 242 Å². The fraction of sp³-hybridized carbons (Fsp3) is 0.974. The van der Waals surface area contributed by atoms with Gasteiger partial charge in [-0.05, 0) is 266 Å². The standard InChI is InChI=1S/C43H80O6.C31H56O6.C25H46O5.C18H36/c1-14-21-45-39(40(26(5)6)27(7)8)25-33-23-34(15-2)35(24-33)36(44)20-18-19-22-46-42-32(13)30(11)41(38(17-4)48-42)49-43-31(12)28(9)29(10)37(16-3)47-43;1-9-23-16-24(32)17-25(23)26(33)14-12-13-15-34-30-22(8)20(6)29(28(11-3)36-30)37-31-21(7)18(4)19(5)27(10-2)35-31;1-9-21-17(5)16(4)19(7)25(28-21)30-23-18(6)20(8)24(29-22(23)10-2)27-14-12-11-13-15(3)26;1-8-9-10-16-17(12(2)3)14(6)11-15(7)18(16)13(4)5/h26-35,37-43H,14-25H2,1-13H3;18-25,27-32H,9-17H2,1-8H3;16-25H,9-14H2,1-8H3;12-18H,8-11H2,1-7H3/t28?,29?,30?,31?,32?,33-,34+,35?,37?,38?,39?,41?,42?,43?;18?,19?,20?,21?,22?,23-,24+,25?,27?,28?,29?,30?,31?;;/m01../s1. The highest BCUT2D eigenvalue weighted by atomic mass is 16.7. The number of carbonyl (C=O) groups excluding carboxylic acids is 3. The van der Waals surface area contributed by atoms with E-state index in [1.54, 1.807) is 6.92 Å². The van der Waals surface area contributed by atoms with Gasteiger partial charge in [-0.3, -0.25) is 9.59 Å². The van der Waals surface area contributed by atoms with Gasteiger partial charge in [-0.15, -0.1) is 0 Å². The minimum absolute atomic E-state index is 0.00366. The van der Waals surface area contributed by atoms with Crippen LogP contribution in [0.25, 0.3) is 0 Å². The van der Waals surface area contributed by atoms with E-state index < -0.39 is 0 Å². The average molecular weight is 1900 g/mol. The largest absolute Gasteiger partial charge is 0.393 e. The van der Waals surface area contributed by atoms with E-state index in [0.29, 0.717) is 164 Å². The van der Waals surface area contributed by atoms with Crippen LogP contribution in [0.1, 0.15) is 423 Å². The van der Waals surface area contributed by atoms with Crippen molar-refractivity contribution in [1.82, 2.24) is 0 Å². The molecule has 17 nitrogen and oxygen atoms in total. The van der Waals surface area contributed by atoms with E-state index in [0.717, 1.165) is 164 Å². The predicted octanol–water partition coefficient (Wildman–Crippen LogP) is 28.7. The van der Waals surface area contributed by atoms with Gasteiger partial charge in [0.1, 0.15) is 17.3 Å². The molecule has 0 aromatic rings. The number of carbonyl (C=O) groups is 3. The number of rotatable bonds is 47. The molecule has 9 fully saturated rings. The molecular weight excluding hydrogens is 1680 g/mol. The first kappa shape index (κ1) is 121. The molecule has 6 aliphatic heterocycles. The minimum atomic E-state index is -0.304. The molecule has 17 heteroatoms. The van der Waals surface area contributed by atoms with Crippen molar-refractivity contribution in [1.29, 1.82) is 0 Å². The SMILES string of the molecule is CCC1OC(OC2C(CC)OC(OCCCCC(=O)C3C[C@@H](O)C[C@H]3CC)C(C)C2C)C(C)C(C)C1C.CCC1OC(OC2C(CC)OC(OCCCCC(C)=O)C(C)C2C)C(C)C(C)C1C.CCCCC1C(C(C)C)C(C)CC(C)C1C(C)C.CCCOC(C[C@@H]1CC(C(=O)CCCCOC2OC(CC)C(OC3OC(CC)C(C)C(C)C3C)C(C)C2C)[C@H](CC)C1)C(C(C)C)C(C)C. The first-order valence-corrected chi connectivity index (χ1v) is 57.1. The summed E-state index contributed by atoms with van der Waals surface area (Å²) in [6, 6.07) is 0. The Balaban J connectivity index is 0.000000289. The zero-order valence-electron chi connectivity index (χ0n) is 93.5. The topological polar surface area (TPSA) is 191 Å². The predicted molar refractivity (Wildman–Crippen MR) is 549 cm³/mol. The molecule has 9 rings (SSSR count). The minimum Gasteiger partial charge on any atom is -0.393 e. The fourth-order valence-electron chi connectivity index (χ4n) is 26.9. The van der Waals surface area contributed by atoms with Gasteiger partial charge in [0, 0.05) is 93.0 Å². The summed E-state index contributed by atoms with van der Waals surface area (Å²) in [7, 11) is 0. The van der Waals surface area contributed by atoms with Crippen molar-refractivity contribution < 1.29 is 81.1 Å².